The van der Waals surface area contributed by atoms with Crippen molar-refractivity contribution >= 4 is 35.1 Å². The van der Waals surface area contributed by atoms with E-state index >= 15 is 0 Å². The molecule has 1 fully saturated rings. The maximum Gasteiger partial charge on any atom is 1.00 e. The van der Waals surface area contributed by atoms with Gasteiger partial charge in [0.15, 0.2) is 12.8 Å². The van der Waals surface area contributed by atoms with E-state index in [0.717, 1.165) is 4.90 Å². The van der Waals surface area contributed by atoms with Crippen molar-refractivity contribution in [2.24, 2.45) is 4.99 Å². The molecule has 2 aliphatic heterocycles. The molecule has 1 aromatic rings. The Labute approximate surface area is 184 Å². The van der Waals surface area contributed by atoms with Crippen molar-refractivity contribution in [1.29, 1.82) is 0 Å². The predicted molar refractivity (Wildman–Crippen MR) is 79.4 cm³/mol. The van der Waals surface area contributed by atoms with Gasteiger partial charge in [-0.1, -0.05) is 30.0 Å². The van der Waals surface area contributed by atoms with Gasteiger partial charge in [-0.2, -0.15) is 0 Å². The molecule has 3 atom stereocenters. The molecule has 24 heavy (non-hydrogen) atoms. The standard InChI is InChI=1S/C14H13N3O5S.K/c18-9(6-22-8-4-2-1-3-5-8)16-10-12(19)17-11(14(20)21)15-7-23-13(10)17;/h1-5,7,10-11,13H,6H2,(H,16,18)(H,20,21);/q;+1/p-1. The quantitative estimate of drug-likeness (QED) is 0.412. The number of thioether (sulfide) groups is 1. The van der Waals surface area contributed by atoms with E-state index in [4.69, 9.17) is 4.74 Å². The van der Waals surface area contributed by atoms with Crippen LogP contribution in [-0.2, 0) is 14.4 Å². The molecule has 3 rings (SSSR count). The number of fused-ring (bicyclic) bond motifs is 1. The van der Waals surface area contributed by atoms with E-state index in [1.165, 1.54) is 17.3 Å². The Bertz CT molecular complexity index is 672. The van der Waals surface area contributed by atoms with Crippen LogP contribution in [0.25, 0.3) is 0 Å². The zero-order valence-electron chi connectivity index (χ0n) is 12.7. The summed E-state index contributed by atoms with van der Waals surface area (Å²) in [5.74, 6) is -1.86. The Morgan fingerprint density at radius 3 is 2.71 bits per heavy atom. The summed E-state index contributed by atoms with van der Waals surface area (Å²) in [7, 11) is 0. The van der Waals surface area contributed by atoms with Crippen molar-refractivity contribution in [2.45, 2.75) is 17.6 Å². The summed E-state index contributed by atoms with van der Waals surface area (Å²) >= 11 is 1.17. The number of nitrogens with zero attached hydrogens (tertiary/aromatic N) is 2. The number of carbonyl (C=O) groups is 3. The number of hydrogen-bond donors (Lipinski definition) is 1. The number of nitrogens with one attached hydrogen (secondary N) is 1. The van der Waals surface area contributed by atoms with E-state index in [2.05, 4.69) is 10.3 Å². The molecule has 0 bridgehead atoms. The molecular weight excluding hydrogens is 361 g/mol. The van der Waals surface area contributed by atoms with Crippen LogP contribution >= 0.6 is 11.8 Å². The van der Waals surface area contributed by atoms with Crippen LogP contribution in [0, 0.1) is 0 Å². The van der Waals surface area contributed by atoms with E-state index in [0.29, 0.717) is 5.75 Å². The number of aliphatic carboxylic acids is 1. The minimum Gasteiger partial charge on any atom is -0.546 e. The molecule has 10 heteroatoms. The maximum atomic E-state index is 12.0. The monoisotopic (exact) mass is 373 g/mol. The number of para-hydroxylation sites is 1. The first-order chi connectivity index (χ1) is 11.1. The van der Waals surface area contributed by atoms with E-state index in [-0.39, 0.29) is 58.0 Å². The van der Waals surface area contributed by atoms with Gasteiger partial charge in [0.1, 0.15) is 17.2 Å². The Hall–Kier alpha value is -0.914. The molecule has 0 aliphatic carbocycles. The van der Waals surface area contributed by atoms with Gasteiger partial charge in [0.2, 0.25) is 0 Å². The number of ether oxygens (including phenoxy) is 1. The van der Waals surface area contributed by atoms with E-state index in [9.17, 15) is 19.5 Å². The number of rotatable bonds is 5. The summed E-state index contributed by atoms with van der Waals surface area (Å²) < 4.78 is 5.29. The Balaban J connectivity index is 0.00000208. The Kier molecular flexibility index (Phi) is 6.84. The van der Waals surface area contributed by atoms with Crippen LogP contribution in [0.3, 0.4) is 0 Å². The van der Waals surface area contributed by atoms with Gasteiger partial charge in [-0.3, -0.25) is 19.5 Å². The molecule has 1 aromatic carbocycles. The molecule has 0 spiro atoms. The van der Waals surface area contributed by atoms with Crippen LogP contribution in [0.5, 0.6) is 5.75 Å². The van der Waals surface area contributed by atoms with E-state index in [1.54, 1.807) is 24.3 Å². The van der Waals surface area contributed by atoms with Gasteiger partial charge in [0, 0.05) is 0 Å². The maximum absolute atomic E-state index is 12.0. The fourth-order valence-electron chi connectivity index (χ4n) is 2.31. The largest absolute Gasteiger partial charge is 1.00 e. The summed E-state index contributed by atoms with van der Waals surface area (Å²) in [6, 6.07) is 8.00. The molecule has 120 valence electrons. The van der Waals surface area contributed by atoms with Gasteiger partial charge in [0.05, 0.1) is 11.5 Å². The summed E-state index contributed by atoms with van der Waals surface area (Å²) in [5, 5.41) is 13.0. The molecule has 1 N–H and O–H groups in total. The average molecular weight is 373 g/mol. The zero-order chi connectivity index (χ0) is 16.4. The number of carbonyl (C=O) groups excluding carboxylic acids is 3. The second-order valence-electron chi connectivity index (χ2n) is 4.87. The minimum atomic E-state index is -1.45. The molecule has 8 nitrogen and oxygen atoms in total. The Morgan fingerprint density at radius 1 is 1.33 bits per heavy atom. The summed E-state index contributed by atoms with van der Waals surface area (Å²) in [5.41, 5.74) is 1.35. The third kappa shape index (κ3) is 4.01. The molecule has 0 saturated carbocycles. The van der Waals surface area contributed by atoms with Crippen molar-refractivity contribution in [1.82, 2.24) is 10.2 Å². The summed E-state index contributed by atoms with van der Waals surface area (Å²) in [6.45, 7) is -0.233. The topological polar surface area (TPSA) is 111 Å². The third-order valence-electron chi connectivity index (χ3n) is 3.39. The van der Waals surface area contributed by atoms with Gasteiger partial charge < -0.3 is 20.0 Å². The van der Waals surface area contributed by atoms with Gasteiger partial charge in [-0.05, 0) is 12.1 Å². The van der Waals surface area contributed by atoms with Crippen molar-refractivity contribution in [3.63, 3.8) is 0 Å². The van der Waals surface area contributed by atoms with Crippen molar-refractivity contribution in [2.75, 3.05) is 6.61 Å². The van der Waals surface area contributed by atoms with Crippen LogP contribution in [-0.4, -0.2) is 52.4 Å². The molecule has 3 unspecified atom stereocenters. The van der Waals surface area contributed by atoms with Crippen LogP contribution < -0.4 is 66.5 Å². The molecule has 2 heterocycles. The first-order valence-electron chi connectivity index (χ1n) is 6.75. The normalized spacial score (nSPS) is 24.2. The van der Waals surface area contributed by atoms with Crippen LogP contribution in [0.2, 0.25) is 0 Å². The smallest absolute Gasteiger partial charge is 0.546 e. The van der Waals surface area contributed by atoms with E-state index in [1.807, 2.05) is 6.07 Å². The number of carboxylic acids is 1. The van der Waals surface area contributed by atoms with Crippen molar-refractivity contribution < 1.29 is 75.6 Å². The minimum absolute atomic E-state index is 0. The Morgan fingerprint density at radius 2 is 2.04 bits per heavy atom. The van der Waals surface area contributed by atoms with Gasteiger partial charge in [-0.15, -0.1) is 0 Å². The van der Waals surface area contributed by atoms with Crippen LogP contribution in [0.1, 0.15) is 0 Å². The number of β-lactam (4-membered cyclic amide) rings is 1. The molecule has 2 aliphatic rings. The fraction of sp³-hybridized carbons (Fsp3) is 0.286. The first-order valence-corrected chi connectivity index (χ1v) is 7.69. The zero-order valence-corrected chi connectivity index (χ0v) is 16.7. The van der Waals surface area contributed by atoms with Gasteiger partial charge in [-0.25, -0.2) is 0 Å². The third-order valence-corrected chi connectivity index (χ3v) is 4.41. The molecular formula is C14H12KN3O5S. The van der Waals surface area contributed by atoms with Gasteiger partial charge in [0.25, 0.3) is 11.8 Å². The van der Waals surface area contributed by atoms with E-state index < -0.39 is 35.4 Å². The number of hydrogen-bond acceptors (Lipinski definition) is 7. The van der Waals surface area contributed by atoms with Crippen LogP contribution in [0.4, 0.5) is 0 Å². The predicted octanol–water partition coefficient (Wildman–Crippen LogP) is -4.43. The first kappa shape index (κ1) is 19.4. The number of carboxylic acid groups (broad SMARTS) is 1. The average Bonchev–Trinajstić information content (AvgIpc) is 2.57. The van der Waals surface area contributed by atoms with Crippen molar-refractivity contribution in [3.8, 4) is 5.75 Å². The fourth-order valence-corrected chi connectivity index (χ4v) is 3.31. The summed E-state index contributed by atoms with van der Waals surface area (Å²) in [6.07, 6.45) is -1.33. The number of benzene rings is 1. The SMILES string of the molecule is O=C(COc1ccccc1)NC1C(=O)N2C(C(=O)[O-])N=CSC12.[K+]. The summed E-state index contributed by atoms with van der Waals surface area (Å²) in [4.78, 5) is 39.6. The van der Waals surface area contributed by atoms with Crippen molar-refractivity contribution in [3.05, 3.63) is 30.3 Å². The molecule has 2 amide bonds. The molecule has 0 radical (unpaired) electrons. The number of aliphatic imine (C=N–C) groups is 1. The molecule has 1 saturated heterocycles. The second-order valence-corrected chi connectivity index (χ2v) is 5.83. The second kappa shape index (κ2) is 8.45. The number of amides is 2. The van der Waals surface area contributed by atoms with Gasteiger partial charge >= 0.3 is 51.4 Å². The van der Waals surface area contributed by atoms with Crippen LogP contribution in [0.15, 0.2) is 35.3 Å². The molecule has 0 aromatic heterocycles.